The quantitative estimate of drug-likeness (QED) is 0.127. The molecule has 2 heterocycles. The van der Waals surface area contributed by atoms with E-state index in [2.05, 4.69) is 39.4 Å². The second-order valence-electron chi connectivity index (χ2n) is 14.8. The number of imidazole rings is 1. The molecular formula is C40H58N6O6S. The summed E-state index contributed by atoms with van der Waals surface area (Å²) in [5, 5.41) is 5.69. The minimum absolute atomic E-state index is 0.0272. The highest BCUT2D eigenvalue weighted by molar-refractivity contribution is 7.91. The summed E-state index contributed by atoms with van der Waals surface area (Å²) in [6.07, 6.45) is 12.6. The Morgan fingerprint density at radius 2 is 1.77 bits per heavy atom. The van der Waals surface area contributed by atoms with E-state index in [0.717, 1.165) is 48.0 Å². The number of benzene rings is 2. The predicted octanol–water partition coefficient (Wildman–Crippen LogP) is 5.81. The summed E-state index contributed by atoms with van der Waals surface area (Å²) in [7, 11) is -1.87. The fourth-order valence-electron chi connectivity index (χ4n) is 6.39. The van der Waals surface area contributed by atoms with Gasteiger partial charge in [-0.1, -0.05) is 56.2 Å². The molecule has 3 aliphatic rings. The SMILES string of the molecule is CCCCC/C=C\C1C[C@@H]1C(=O)NS(=O)(=O)C1(C)CC1.CNC(=O)C1CCCN1C(=O)CNc1ccccc1.Cc1ccc2c(c1)[nH]c(=O)n2C(C)C. The maximum absolute atomic E-state index is 12.1. The Hall–Kier alpha value is -4.39. The number of allylic oxidation sites excluding steroid dienone is 2. The van der Waals surface area contributed by atoms with E-state index in [9.17, 15) is 27.6 Å². The maximum atomic E-state index is 12.1. The molecule has 3 amide bonds. The molecule has 0 spiro atoms. The molecule has 0 radical (unpaired) electrons. The van der Waals surface area contributed by atoms with Crippen molar-refractivity contribution in [2.45, 2.75) is 109 Å². The van der Waals surface area contributed by atoms with Crippen molar-refractivity contribution in [1.29, 1.82) is 0 Å². The van der Waals surface area contributed by atoms with Gasteiger partial charge in [0.25, 0.3) is 0 Å². The molecule has 3 atom stereocenters. The lowest BCUT2D eigenvalue weighted by Crippen LogP contribution is -2.46. The molecular weight excluding hydrogens is 693 g/mol. The third-order valence-electron chi connectivity index (χ3n) is 10.1. The third-order valence-corrected chi connectivity index (χ3v) is 12.3. The van der Waals surface area contributed by atoms with Crippen molar-refractivity contribution in [3.05, 3.63) is 76.7 Å². The van der Waals surface area contributed by atoms with Crippen LogP contribution in [0.5, 0.6) is 0 Å². The van der Waals surface area contributed by atoms with E-state index in [1.165, 1.54) is 19.3 Å². The van der Waals surface area contributed by atoms with Gasteiger partial charge in [-0.05, 0) is 108 Å². The first kappa shape index (κ1) is 41.4. The van der Waals surface area contributed by atoms with E-state index in [0.29, 0.717) is 19.4 Å². The summed E-state index contributed by atoms with van der Waals surface area (Å²) in [4.78, 5) is 51.8. The molecule has 3 aromatic rings. The molecule has 1 saturated heterocycles. The predicted molar refractivity (Wildman–Crippen MR) is 211 cm³/mol. The fourth-order valence-corrected chi connectivity index (χ4v) is 7.69. The Balaban J connectivity index is 0.000000180. The molecule has 4 N–H and O–H groups in total. The van der Waals surface area contributed by atoms with Gasteiger partial charge in [-0.25, -0.2) is 13.2 Å². The van der Waals surface area contributed by atoms with E-state index in [-0.39, 0.29) is 53.9 Å². The Labute approximate surface area is 314 Å². The van der Waals surface area contributed by atoms with Crippen LogP contribution >= 0.6 is 0 Å². The molecule has 2 aliphatic carbocycles. The van der Waals surface area contributed by atoms with Crippen molar-refractivity contribution < 1.29 is 22.8 Å². The molecule has 6 rings (SSSR count). The van der Waals surface area contributed by atoms with Crippen LogP contribution in [0.1, 0.15) is 97.1 Å². The zero-order valence-electron chi connectivity index (χ0n) is 32.1. The molecule has 0 bridgehead atoms. The van der Waals surface area contributed by atoms with E-state index in [1.54, 1.807) is 23.4 Å². The number of likely N-dealkylation sites (tertiary alicyclic amines) is 1. The van der Waals surface area contributed by atoms with Crippen LogP contribution in [0.15, 0.2) is 65.5 Å². The number of fused-ring (bicyclic) bond motifs is 1. The third kappa shape index (κ3) is 11.3. The lowest BCUT2D eigenvalue weighted by molar-refractivity contribution is -0.136. The highest BCUT2D eigenvalue weighted by atomic mass is 32.2. The summed E-state index contributed by atoms with van der Waals surface area (Å²) in [5.74, 6) is -0.338. The molecule has 13 heteroatoms. The smallest absolute Gasteiger partial charge is 0.326 e. The number of para-hydroxylation sites is 1. The number of hydrogen-bond donors (Lipinski definition) is 4. The van der Waals surface area contributed by atoms with E-state index in [1.807, 2.05) is 69.3 Å². The van der Waals surface area contributed by atoms with E-state index >= 15 is 0 Å². The van der Waals surface area contributed by atoms with Gasteiger partial charge in [-0.15, -0.1) is 0 Å². The number of nitrogens with one attached hydrogen (secondary N) is 4. The number of rotatable bonds is 13. The number of sulfonamides is 1. The highest BCUT2D eigenvalue weighted by Gasteiger charge is 2.52. The molecule has 12 nitrogen and oxygen atoms in total. The van der Waals surface area contributed by atoms with Gasteiger partial charge in [0.2, 0.25) is 27.7 Å². The van der Waals surface area contributed by atoms with Gasteiger partial charge in [-0.2, -0.15) is 0 Å². The van der Waals surface area contributed by atoms with Gasteiger partial charge >= 0.3 is 5.69 Å². The van der Waals surface area contributed by atoms with Gasteiger partial charge in [0, 0.05) is 31.2 Å². The number of carbonyl (C=O) groups excluding carboxylic acids is 3. The number of hydrogen-bond acceptors (Lipinski definition) is 7. The summed E-state index contributed by atoms with van der Waals surface area (Å²) < 4.78 is 27.2. The minimum Gasteiger partial charge on any atom is -0.376 e. The van der Waals surface area contributed by atoms with Gasteiger partial charge in [-0.3, -0.25) is 23.7 Å². The molecule has 1 aromatic heterocycles. The summed E-state index contributed by atoms with van der Waals surface area (Å²) in [6, 6.07) is 15.5. The number of aromatic amines is 1. The van der Waals surface area contributed by atoms with Gasteiger partial charge < -0.3 is 20.5 Å². The second kappa shape index (κ2) is 18.6. The fraction of sp³-hybridized carbons (Fsp3) is 0.550. The Morgan fingerprint density at radius 1 is 1.06 bits per heavy atom. The number of nitrogens with zero attached hydrogens (tertiary/aromatic N) is 2. The van der Waals surface area contributed by atoms with Crippen LogP contribution in [0.25, 0.3) is 11.0 Å². The molecule has 53 heavy (non-hydrogen) atoms. The first-order valence-corrected chi connectivity index (χ1v) is 20.4. The van der Waals surface area contributed by atoms with Crippen LogP contribution in [0.4, 0.5) is 5.69 Å². The van der Waals surface area contributed by atoms with E-state index < -0.39 is 14.8 Å². The maximum Gasteiger partial charge on any atom is 0.326 e. The van der Waals surface area contributed by atoms with Crippen LogP contribution in [-0.2, 0) is 24.4 Å². The minimum atomic E-state index is -3.47. The zero-order chi connectivity index (χ0) is 38.8. The number of aryl methyl sites for hydroxylation is 1. The van der Waals surface area contributed by atoms with E-state index in [4.69, 9.17) is 0 Å². The van der Waals surface area contributed by atoms with Crippen LogP contribution in [-0.4, -0.2) is 71.5 Å². The average Bonchev–Trinajstić information content (AvgIpc) is 3.99. The topological polar surface area (TPSA) is 162 Å². The molecule has 290 valence electrons. The summed E-state index contributed by atoms with van der Waals surface area (Å²) >= 11 is 0. The number of amides is 3. The van der Waals surface area contributed by atoms with Crippen molar-refractivity contribution in [1.82, 2.24) is 24.5 Å². The monoisotopic (exact) mass is 750 g/mol. The normalized spacial score (nSPS) is 19.9. The first-order chi connectivity index (χ1) is 25.2. The number of aromatic nitrogens is 2. The molecule has 2 aromatic carbocycles. The number of unbranched alkanes of at least 4 members (excludes halogenated alkanes) is 3. The number of anilines is 1. The van der Waals surface area contributed by atoms with Crippen molar-refractivity contribution in [3.63, 3.8) is 0 Å². The lowest BCUT2D eigenvalue weighted by Gasteiger charge is -2.23. The van der Waals surface area contributed by atoms with Crippen LogP contribution in [0, 0.1) is 18.8 Å². The van der Waals surface area contributed by atoms with Gasteiger partial charge in [0.05, 0.1) is 22.3 Å². The average molecular weight is 751 g/mol. The zero-order valence-corrected chi connectivity index (χ0v) is 32.9. The van der Waals surface area contributed by atoms with Crippen molar-refractivity contribution >= 4 is 44.5 Å². The van der Waals surface area contributed by atoms with Gasteiger partial charge in [0.15, 0.2) is 0 Å². The largest absolute Gasteiger partial charge is 0.376 e. The van der Waals surface area contributed by atoms with Crippen LogP contribution in [0.3, 0.4) is 0 Å². The van der Waals surface area contributed by atoms with Crippen molar-refractivity contribution in [3.8, 4) is 0 Å². The van der Waals surface area contributed by atoms with Crippen LogP contribution in [0.2, 0.25) is 0 Å². The standard InChI is InChI=1S/C15H25NO3S.C14H19N3O2.C11H14N2O/c1-3-4-5-6-7-8-12-11-13(12)14(17)16-20(18,19)15(2)9-10-15;1-15-14(19)12-8-5-9-17(12)13(18)10-16-11-6-3-2-4-7-11;1-7(2)13-10-5-4-8(3)6-9(10)12-11(13)14/h7-8,12-13H,3-6,9-11H2,1-2H3,(H,16,17);2-4,6-7,12,16H,5,8-10H2,1H3,(H,15,19);4-7H,1-3H3,(H,12,14)/b8-7-;;/t12?,13-;;/m0../s1. The lowest BCUT2D eigenvalue weighted by atomic mass is 10.2. The number of H-pyrrole nitrogens is 1. The Bertz CT molecular complexity index is 1900. The first-order valence-electron chi connectivity index (χ1n) is 18.9. The van der Waals surface area contributed by atoms with Gasteiger partial charge in [0.1, 0.15) is 6.04 Å². The molecule has 2 unspecified atom stereocenters. The van der Waals surface area contributed by atoms with Crippen LogP contribution < -0.4 is 21.0 Å². The molecule has 1 aliphatic heterocycles. The summed E-state index contributed by atoms with van der Waals surface area (Å²) in [5.41, 5.74) is 3.95. The number of carbonyl (C=O) groups is 3. The molecule has 3 fully saturated rings. The second-order valence-corrected chi connectivity index (χ2v) is 17.0. The number of likely N-dealkylation sites (N-methyl/N-ethyl adjacent to an activating group) is 1. The molecule has 2 saturated carbocycles. The van der Waals surface area contributed by atoms with Crippen molar-refractivity contribution in [2.75, 3.05) is 25.5 Å². The van der Waals surface area contributed by atoms with Crippen molar-refractivity contribution in [2.24, 2.45) is 11.8 Å². The highest BCUT2D eigenvalue weighted by Crippen LogP contribution is 2.44. The Kier molecular flexibility index (Phi) is 14.5. The Morgan fingerprint density at radius 3 is 2.42 bits per heavy atom. The summed E-state index contributed by atoms with van der Waals surface area (Å²) in [6.45, 7) is 10.8.